The van der Waals surface area contributed by atoms with Gasteiger partial charge in [0.2, 0.25) is 0 Å². The number of para-hydroxylation sites is 2. The summed E-state index contributed by atoms with van der Waals surface area (Å²) in [5.41, 5.74) is 11.9. The lowest BCUT2D eigenvalue weighted by Crippen LogP contribution is -2.00. The van der Waals surface area contributed by atoms with E-state index in [0.717, 1.165) is 11.4 Å². The first-order valence-electron chi connectivity index (χ1n) is 22.6. The molecule has 4 aromatic heterocycles. The van der Waals surface area contributed by atoms with Crippen LogP contribution in [-0.4, -0.2) is 9.13 Å². The number of hydrogen-bond donors (Lipinski definition) is 0. The molecular weight excluding hydrogens is 837 g/mol. The van der Waals surface area contributed by atoms with Crippen molar-refractivity contribution in [2.24, 2.45) is 0 Å². The molecule has 0 aliphatic rings. The van der Waals surface area contributed by atoms with Crippen LogP contribution in [0.1, 0.15) is 0 Å². The van der Waals surface area contributed by atoms with Gasteiger partial charge in [-0.3, -0.25) is 0 Å². The molecule has 4 heterocycles. The van der Waals surface area contributed by atoms with E-state index in [0.29, 0.717) is 0 Å². The van der Waals surface area contributed by atoms with Gasteiger partial charge in [-0.15, -0.1) is 22.7 Å². The Kier molecular flexibility index (Phi) is 7.57. The molecule has 0 saturated heterocycles. The average molecular weight is 873 g/mol. The monoisotopic (exact) mass is 872 g/mol. The second-order valence-corrected chi connectivity index (χ2v) is 19.7. The Morgan fingerprint density at radius 1 is 0.273 bits per heavy atom. The Morgan fingerprint density at radius 3 is 1.21 bits per heavy atom. The molecular formula is C62H36N2S2. The molecule has 0 bridgehead atoms. The maximum Gasteiger partial charge on any atom is 0.0555 e. The summed E-state index contributed by atoms with van der Waals surface area (Å²) in [6, 6.07) is 81.4. The van der Waals surface area contributed by atoms with Crippen LogP contribution in [0.2, 0.25) is 0 Å². The Bertz CT molecular complexity index is 4260. The molecule has 0 spiro atoms. The van der Waals surface area contributed by atoms with Gasteiger partial charge in [0, 0.05) is 73.3 Å². The van der Waals surface area contributed by atoms with Gasteiger partial charge in [-0.05, 0) is 104 Å². The second-order valence-electron chi connectivity index (χ2n) is 17.6. The van der Waals surface area contributed by atoms with Crippen molar-refractivity contribution in [2.45, 2.75) is 0 Å². The molecule has 15 rings (SSSR count). The Balaban J connectivity index is 1.01. The van der Waals surface area contributed by atoms with Gasteiger partial charge in [0.1, 0.15) is 0 Å². The molecule has 0 amide bonds. The normalized spacial score (nSPS) is 12.2. The predicted molar refractivity (Wildman–Crippen MR) is 287 cm³/mol. The van der Waals surface area contributed by atoms with Crippen molar-refractivity contribution in [3.8, 4) is 33.6 Å². The third kappa shape index (κ3) is 5.11. The summed E-state index contributed by atoms with van der Waals surface area (Å²) in [4.78, 5) is 0. The summed E-state index contributed by atoms with van der Waals surface area (Å²) in [5.74, 6) is 0. The Labute approximate surface area is 387 Å². The number of hydrogen-bond acceptors (Lipinski definition) is 2. The standard InChI is InChI=1S/C62H36N2S2/c1-3-15-44-39(13-1)33-40-14-2-4-16-45(40)58(44)38-27-25-37(26-28-38)41-34-42(63-52-21-9-5-19-50(52)59-54(63)31-29-48-46-17-7-11-23-56(46)65-61(48)59)36-43(35-41)64-53-22-10-6-20-51(53)60-55(64)32-30-49-47-18-8-12-24-57(47)66-62(49)60/h1-36H. The fourth-order valence-corrected chi connectivity index (χ4v) is 13.7. The quantitative estimate of drug-likeness (QED) is 0.156. The van der Waals surface area contributed by atoms with Gasteiger partial charge in [0.25, 0.3) is 0 Å². The largest absolute Gasteiger partial charge is 0.309 e. The van der Waals surface area contributed by atoms with E-state index in [1.54, 1.807) is 0 Å². The molecule has 11 aromatic carbocycles. The molecule has 0 unspecified atom stereocenters. The lowest BCUT2D eigenvalue weighted by atomic mass is 9.91. The molecule has 66 heavy (non-hydrogen) atoms. The van der Waals surface area contributed by atoms with Crippen molar-refractivity contribution in [3.05, 3.63) is 218 Å². The molecule has 0 saturated carbocycles. The van der Waals surface area contributed by atoms with Crippen LogP contribution >= 0.6 is 22.7 Å². The van der Waals surface area contributed by atoms with Gasteiger partial charge in [0.15, 0.2) is 0 Å². The molecule has 306 valence electrons. The van der Waals surface area contributed by atoms with Crippen LogP contribution in [0.15, 0.2) is 218 Å². The van der Waals surface area contributed by atoms with Gasteiger partial charge >= 0.3 is 0 Å². The van der Waals surface area contributed by atoms with E-state index in [1.807, 2.05) is 22.7 Å². The SMILES string of the molecule is c1ccc2c(-c3ccc(-c4cc(-n5c6ccccc6c6c7sc8ccccc8c7ccc65)cc(-n5c6ccccc6c6c7sc8ccccc8c7ccc65)c4)cc3)c3ccccc3cc2c1. The van der Waals surface area contributed by atoms with E-state index < -0.39 is 0 Å². The van der Waals surface area contributed by atoms with E-state index in [4.69, 9.17) is 0 Å². The maximum absolute atomic E-state index is 2.51. The van der Waals surface area contributed by atoms with Crippen molar-refractivity contribution >= 4 is 128 Å². The molecule has 0 radical (unpaired) electrons. The van der Waals surface area contributed by atoms with Crippen LogP contribution in [0.5, 0.6) is 0 Å². The van der Waals surface area contributed by atoms with E-state index in [-0.39, 0.29) is 0 Å². The highest BCUT2D eigenvalue weighted by molar-refractivity contribution is 7.27. The van der Waals surface area contributed by atoms with Crippen LogP contribution in [0, 0.1) is 0 Å². The van der Waals surface area contributed by atoms with Crippen molar-refractivity contribution in [1.29, 1.82) is 0 Å². The fourth-order valence-electron chi connectivity index (χ4n) is 11.2. The number of fused-ring (bicyclic) bond motifs is 16. The van der Waals surface area contributed by atoms with Crippen LogP contribution in [-0.2, 0) is 0 Å². The van der Waals surface area contributed by atoms with Crippen molar-refractivity contribution in [1.82, 2.24) is 9.13 Å². The summed E-state index contributed by atoms with van der Waals surface area (Å²) in [7, 11) is 0. The molecule has 0 fully saturated rings. The van der Waals surface area contributed by atoms with Gasteiger partial charge in [-0.1, -0.05) is 158 Å². The third-order valence-electron chi connectivity index (χ3n) is 14.1. The van der Waals surface area contributed by atoms with Gasteiger partial charge in [-0.25, -0.2) is 0 Å². The molecule has 0 N–H and O–H groups in total. The highest BCUT2D eigenvalue weighted by Gasteiger charge is 2.22. The molecule has 2 nitrogen and oxygen atoms in total. The predicted octanol–water partition coefficient (Wildman–Crippen LogP) is 18.3. The minimum atomic E-state index is 1.13. The highest BCUT2D eigenvalue weighted by Crippen LogP contribution is 2.47. The first-order chi connectivity index (χ1) is 32.7. The molecule has 15 aromatic rings. The summed E-state index contributed by atoms with van der Waals surface area (Å²) in [6.45, 7) is 0. The Morgan fingerprint density at radius 2 is 0.697 bits per heavy atom. The minimum Gasteiger partial charge on any atom is -0.309 e. The number of thiophene rings is 2. The van der Waals surface area contributed by atoms with Crippen molar-refractivity contribution < 1.29 is 0 Å². The smallest absolute Gasteiger partial charge is 0.0555 e. The van der Waals surface area contributed by atoms with Gasteiger partial charge < -0.3 is 9.13 Å². The van der Waals surface area contributed by atoms with Gasteiger partial charge in [0.05, 0.1) is 22.1 Å². The number of benzene rings is 11. The average Bonchev–Trinajstić information content (AvgIpc) is 4.13. The topological polar surface area (TPSA) is 9.86 Å². The third-order valence-corrected chi connectivity index (χ3v) is 16.5. The zero-order valence-electron chi connectivity index (χ0n) is 35.5. The first-order valence-corrected chi connectivity index (χ1v) is 24.2. The molecule has 0 aliphatic heterocycles. The minimum absolute atomic E-state index is 1.13. The van der Waals surface area contributed by atoms with Crippen molar-refractivity contribution in [3.63, 3.8) is 0 Å². The second kappa shape index (κ2) is 13.7. The first kappa shape index (κ1) is 36.3. The van der Waals surface area contributed by atoms with Crippen LogP contribution < -0.4 is 0 Å². The lowest BCUT2D eigenvalue weighted by molar-refractivity contribution is 1.14. The van der Waals surface area contributed by atoms with E-state index in [1.165, 1.54) is 128 Å². The van der Waals surface area contributed by atoms with Crippen LogP contribution in [0.4, 0.5) is 0 Å². The zero-order valence-corrected chi connectivity index (χ0v) is 37.1. The van der Waals surface area contributed by atoms with Crippen LogP contribution in [0.3, 0.4) is 0 Å². The van der Waals surface area contributed by atoms with Crippen LogP contribution in [0.25, 0.3) is 139 Å². The Hall–Kier alpha value is -8.02. The lowest BCUT2D eigenvalue weighted by Gasteiger charge is -2.16. The summed E-state index contributed by atoms with van der Waals surface area (Å²) < 4.78 is 10.3. The highest BCUT2D eigenvalue weighted by atomic mass is 32.1. The van der Waals surface area contributed by atoms with Crippen molar-refractivity contribution in [2.75, 3.05) is 0 Å². The number of nitrogens with zero attached hydrogens (tertiary/aromatic N) is 2. The van der Waals surface area contributed by atoms with E-state index >= 15 is 0 Å². The number of aromatic nitrogens is 2. The maximum atomic E-state index is 2.51. The number of rotatable bonds is 4. The summed E-state index contributed by atoms with van der Waals surface area (Å²) >= 11 is 3.81. The molecule has 0 atom stereocenters. The summed E-state index contributed by atoms with van der Waals surface area (Å²) in [6.07, 6.45) is 0. The fraction of sp³-hybridized carbons (Fsp3) is 0. The molecule has 4 heteroatoms. The molecule has 0 aliphatic carbocycles. The summed E-state index contributed by atoms with van der Waals surface area (Å²) in [5, 5.41) is 15.5. The van der Waals surface area contributed by atoms with E-state index in [2.05, 4.69) is 228 Å². The van der Waals surface area contributed by atoms with E-state index in [9.17, 15) is 0 Å². The zero-order chi connectivity index (χ0) is 43.0. The van der Waals surface area contributed by atoms with Gasteiger partial charge in [-0.2, -0.15) is 0 Å².